The number of carbonyl (C=O) groups excluding carboxylic acids is 1. The molecule has 1 heterocycles. The number of alkyl halides is 2. The number of ether oxygens (including phenoxy) is 1. The van der Waals surface area contributed by atoms with Crippen LogP contribution in [0.15, 0.2) is 30.5 Å². The van der Waals surface area contributed by atoms with Gasteiger partial charge in [0.15, 0.2) is 0 Å². The van der Waals surface area contributed by atoms with Crippen molar-refractivity contribution in [2.24, 2.45) is 0 Å². The molecule has 0 unspecified atom stereocenters. The molecular weight excluding hydrogens is 292 g/mol. The van der Waals surface area contributed by atoms with Crippen molar-refractivity contribution >= 4 is 5.91 Å². The molecule has 5 nitrogen and oxygen atoms in total. The highest BCUT2D eigenvalue weighted by Gasteiger charge is 2.15. The Balaban J connectivity index is 2.07. The molecule has 1 aromatic heterocycles. The summed E-state index contributed by atoms with van der Waals surface area (Å²) in [4.78, 5) is 12.1. The molecule has 0 radical (unpaired) electrons. The minimum absolute atomic E-state index is 0.0725. The van der Waals surface area contributed by atoms with Crippen molar-refractivity contribution in [1.29, 1.82) is 0 Å². The Morgan fingerprint density at radius 3 is 2.77 bits per heavy atom. The van der Waals surface area contributed by atoms with E-state index in [9.17, 15) is 13.6 Å². The first-order chi connectivity index (χ1) is 10.5. The lowest BCUT2D eigenvalue weighted by Crippen LogP contribution is -2.24. The summed E-state index contributed by atoms with van der Waals surface area (Å²) in [6.45, 7) is 1.85. The first kappa shape index (κ1) is 15.9. The van der Waals surface area contributed by atoms with Crippen LogP contribution in [0.3, 0.4) is 0 Å². The molecule has 0 atom stereocenters. The zero-order valence-corrected chi connectivity index (χ0v) is 12.3. The lowest BCUT2D eigenvalue weighted by Gasteiger charge is -2.10. The zero-order valence-electron chi connectivity index (χ0n) is 12.3. The van der Waals surface area contributed by atoms with Crippen molar-refractivity contribution in [2.45, 2.75) is 33.5 Å². The summed E-state index contributed by atoms with van der Waals surface area (Å²) in [6, 6.07) is 5.90. The van der Waals surface area contributed by atoms with Gasteiger partial charge >= 0.3 is 6.61 Å². The number of halogens is 2. The average molecular weight is 309 g/mol. The molecule has 1 aromatic carbocycles. The van der Waals surface area contributed by atoms with Crippen molar-refractivity contribution in [1.82, 2.24) is 15.1 Å². The number of carbonyl (C=O) groups is 1. The molecule has 0 saturated heterocycles. The number of nitrogens with one attached hydrogen (secondary N) is 1. The maximum atomic E-state index is 12.3. The Morgan fingerprint density at radius 1 is 1.41 bits per heavy atom. The Bertz CT molecular complexity index is 656. The number of amides is 1. The summed E-state index contributed by atoms with van der Waals surface area (Å²) in [5.41, 5.74) is 1.77. The number of benzene rings is 1. The number of para-hydroxylation sites is 1. The number of hydrogen-bond acceptors (Lipinski definition) is 3. The first-order valence-corrected chi connectivity index (χ1v) is 6.86. The summed E-state index contributed by atoms with van der Waals surface area (Å²) < 4.78 is 30.8. The molecule has 22 heavy (non-hydrogen) atoms. The first-order valence-electron chi connectivity index (χ1n) is 6.86. The third kappa shape index (κ3) is 3.81. The Hall–Kier alpha value is -2.44. The van der Waals surface area contributed by atoms with E-state index in [0.29, 0.717) is 0 Å². The molecule has 0 aliphatic rings. The molecule has 118 valence electrons. The third-order valence-electron chi connectivity index (χ3n) is 3.16. The third-order valence-corrected chi connectivity index (χ3v) is 3.16. The summed E-state index contributed by atoms with van der Waals surface area (Å²) in [5.74, 6) is -0.615. The van der Waals surface area contributed by atoms with Crippen molar-refractivity contribution in [3.63, 3.8) is 0 Å². The lowest BCUT2D eigenvalue weighted by molar-refractivity contribution is -0.0501. The second kappa shape index (κ2) is 7.02. The van der Waals surface area contributed by atoms with Gasteiger partial charge in [0, 0.05) is 24.8 Å². The van der Waals surface area contributed by atoms with E-state index in [1.165, 1.54) is 18.2 Å². The standard InChI is InChI=1S/C15H17F2N3O2/c1-3-20-9-11(10(2)19-20)8-18-14(21)12-6-4-5-7-13(12)22-15(16)17/h4-7,9,15H,3,8H2,1-2H3,(H,18,21). The Morgan fingerprint density at radius 2 is 2.14 bits per heavy atom. The molecule has 0 spiro atoms. The zero-order chi connectivity index (χ0) is 16.1. The van der Waals surface area contributed by atoms with E-state index in [1.54, 1.807) is 10.7 Å². The maximum absolute atomic E-state index is 12.3. The van der Waals surface area contributed by atoms with Crippen LogP contribution >= 0.6 is 0 Å². The highest BCUT2D eigenvalue weighted by atomic mass is 19.3. The van der Waals surface area contributed by atoms with Crippen molar-refractivity contribution in [3.8, 4) is 5.75 Å². The highest BCUT2D eigenvalue weighted by Crippen LogP contribution is 2.20. The molecule has 0 aliphatic heterocycles. The fourth-order valence-electron chi connectivity index (χ4n) is 2.02. The smallest absolute Gasteiger partial charge is 0.387 e. The fraction of sp³-hybridized carbons (Fsp3) is 0.333. The van der Waals surface area contributed by atoms with Crippen LogP contribution in [0.1, 0.15) is 28.5 Å². The van der Waals surface area contributed by atoms with E-state index in [-0.39, 0.29) is 17.9 Å². The molecule has 0 bridgehead atoms. The molecule has 1 amide bonds. The average Bonchev–Trinajstić information content (AvgIpc) is 2.85. The predicted molar refractivity (Wildman–Crippen MR) is 76.9 cm³/mol. The summed E-state index contributed by atoms with van der Waals surface area (Å²) >= 11 is 0. The van der Waals surface area contributed by atoms with Gasteiger partial charge in [0.05, 0.1) is 11.3 Å². The van der Waals surface area contributed by atoms with Gasteiger partial charge in [-0.15, -0.1) is 0 Å². The number of hydrogen-bond donors (Lipinski definition) is 1. The molecule has 2 rings (SSSR count). The van der Waals surface area contributed by atoms with E-state index < -0.39 is 12.5 Å². The molecule has 2 aromatic rings. The van der Waals surface area contributed by atoms with Crippen molar-refractivity contribution in [2.75, 3.05) is 0 Å². The number of aromatic nitrogens is 2. The van der Waals surface area contributed by atoms with Gasteiger partial charge in [0.25, 0.3) is 5.91 Å². The quantitative estimate of drug-likeness (QED) is 0.892. The van der Waals surface area contributed by atoms with Crippen LogP contribution < -0.4 is 10.1 Å². The van der Waals surface area contributed by atoms with Crippen molar-refractivity contribution in [3.05, 3.63) is 47.3 Å². The van der Waals surface area contributed by atoms with E-state index >= 15 is 0 Å². The predicted octanol–water partition coefficient (Wildman–Crippen LogP) is 2.74. The van der Waals surface area contributed by atoms with Crippen molar-refractivity contribution < 1.29 is 18.3 Å². The Labute approximate surface area is 126 Å². The molecule has 1 N–H and O–H groups in total. The monoisotopic (exact) mass is 309 g/mol. The summed E-state index contributed by atoms with van der Waals surface area (Å²) in [7, 11) is 0. The molecule has 0 aliphatic carbocycles. The van der Waals surface area contributed by atoms with Gasteiger partial charge in [0.2, 0.25) is 0 Å². The van der Waals surface area contributed by atoms with Gasteiger partial charge in [-0.05, 0) is 26.0 Å². The summed E-state index contributed by atoms with van der Waals surface area (Å²) in [5, 5.41) is 6.97. The number of rotatable bonds is 6. The Kier molecular flexibility index (Phi) is 5.08. The van der Waals surface area contributed by atoms with Crippen LogP contribution in [0.25, 0.3) is 0 Å². The molecule has 0 saturated carbocycles. The minimum atomic E-state index is -2.97. The SMILES string of the molecule is CCn1cc(CNC(=O)c2ccccc2OC(F)F)c(C)n1. The molecule has 0 fully saturated rings. The van der Waals surface area contributed by atoms with E-state index in [0.717, 1.165) is 17.8 Å². The topological polar surface area (TPSA) is 56.2 Å². The van der Waals surface area contributed by atoms with Crippen LogP contribution in [0.4, 0.5) is 8.78 Å². The summed E-state index contributed by atoms with van der Waals surface area (Å²) in [6.07, 6.45) is 1.84. The van der Waals surface area contributed by atoms with Crippen LogP contribution in [-0.4, -0.2) is 22.3 Å². The van der Waals surface area contributed by atoms with Crippen LogP contribution in [-0.2, 0) is 13.1 Å². The molecule has 7 heteroatoms. The van der Waals surface area contributed by atoms with E-state index in [4.69, 9.17) is 0 Å². The van der Waals surface area contributed by atoms with Gasteiger partial charge < -0.3 is 10.1 Å². The van der Waals surface area contributed by atoms with Gasteiger partial charge in [-0.3, -0.25) is 9.48 Å². The largest absolute Gasteiger partial charge is 0.434 e. The number of nitrogens with zero attached hydrogens (tertiary/aromatic N) is 2. The number of aryl methyl sites for hydroxylation is 2. The molecular formula is C15H17F2N3O2. The second-order valence-electron chi connectivity index (χ2n) is 4.65. The highest BCUT2D eigenvalue weighted by molar-refractivity contribution is 5.96. The fourth-order valence-corrected chi connectivity index (χ4v) is 2.02. The van der Waals surface area contributed by atoms with Gasteiger partial charge in [-0.2, -0.15) is 13.9 Å². The lowest BCUT2D eigenvalue weighted by atomic mass is 10.2. The van der Waals surface area contributed by atoms with Gasteiger partial charge in [-0.25, -0.2) is 0 Å². The van der Waals surface area contributed by atoms with Crippen LogP contribution in [0, 0.1) is 6.92 Å². The maximum Gasteiger partial charge on any atom is 0.387 e. The van der Waals surface area contributed by atoms with Gasteiger partial charge in [0.1, 0.15) is 5.75 Å². The van der Waals surface area contributed by atoms with Crippen LogP contribution in [0.2, 0.25) is 0 Å². The normalized spacial score (nSPS) is 10.8. The van der Waals surface area contributed by atoms with Gasteiger partial charge in [-0.1, -0.05) is 12.1 Å². The van der Waals surface area contributed by atoms with Crippen LogP contribution in [0.5, 0.6) is 5.75 Å². The van der Waals surface area contributed by atoms with E-state index in [2.05, 4.69) is 15.2 Å². The second-order valence-corrected chi connectivity index (χ2v) is 4.65. The minimum Gasteiger partial charge on any atom is -0.434 e. The van der Waals surface area contributed by atoms with E-state index in [1.807, 2.05) is 20.0 Å².